The molecule has 0 aliphatic carbocycles. The summed E-state index contributed by atoms with van der Waals surface area (Å²) in [7, 11) is 0. The monoisotopic (exact) mass is 524 g/mol. The van der Waals surface area contributed by atoms with Gasteiger partial charge >= 0.3 is 6.03 Å². The second kappa shape index (κ2) is 9.03. The zero-order valence-corrected chi connectivity index (χ0v) is 21.5. The van der Waals surface area contributed by atoms with Gasteiger partial charge in [-0.25, -0.2) is 9.18 Å². The number of nitrogens with one attached hydrogen (secondary N) is 1. The summed E-state index contributed by atoms with van der Waals surface area (Å²) in [6.45, 7) is 5.22. The lowest BCUT2D eigenvalue weighted by Gasteiger charge is -2.42. The average Bonchev–Trinajstić information content (AvgIpc) is 3.53. The van der Waals surface area contributed by atoms with E-state index in [2.05, 4.69) is 9.88 Å². The third kappa shape index (κ3) is 3.97. The number of rotatable bonds is 6. The van der Waals surface area contributed by atoms with Gasteiger partial charge in [0.15, 0.2) is 0 Å². The Bertz CT molecular complexity index is 1400. The first kappa shape index (κ1) is 24.2. The summed E-state index contributed by atoms with van der Waals surface area (Å²) in [5, 5.41) is 10.8. The van der Waals surface area contributed by atoms with E-state index in [1.165, 1.54) is 23.8 Å². The van der Waals surface area contributed by atoms with Crippen LogP contribution in [0.4, 0.5) is 9.18 Å². The predicted octanol–water partition coefficient (Wildman–Crippen LogP) is 5.01. The summed E-state index contributed by atoms with van der Waals surface area (Å²) in [6, 6.07) is 9.08. The third-order valence-corrected chi connectivity index (χ3v) is 8.50. The molecule has 2 atom stereocenters. The number of imide groups is 1. The second-order valence-electron chi connectivity index (χ2n) is 10.7. The Morgan fingerprint density at radius 1 is 1.16 bits per heavy atom. The number of nitrogens with zero attached hydrogens (tertiary/aromatic N) is 3. The molecule has 37 heavy (non-hydrogen) atoms. The van der Waals surface area contributed by atoms with Gasteiger partial charge in [0.25, 0.3) is 5.91 Å². The molecule has 0 spiro atoms. The molecule has 1 aromatic heterocycles. The highest BCUT2D eigenvalue weighted by Gasteiger charge is 2.59. The Morgan fingerprint density at radius 2 is 1.95 bits per heavy atom. The van der Waals surface area contributed by atoms with Gasteiger partial charge in [-0.3, -0.25) is 9.69 Å². The van der Waals surface area contributed by atoms with E-state index in [-0.39, 0.29) is 22.7 Å². The number of aromatic amines is 1. The molecule has 2 saturated heterocycles. The van der Waals surface area contributed by atoms with Crippen LogP contribution in [0.3, 0.4) is 0 Å². The van der Waals surface area contributed by atoms with E-state index in [4.69, 9.17) is 11.6 Å². The standard InChI is InChI=1S/C28H30ClFN4O3/c1-28-16-20-19-14-21(29)22(30)15-23(19)31-25(20)24(13-17-6-4-7-18(35)12-17)34(28)27(37)33(26(28)36)11-5-10-32-8-2-3-9-32/h4,6-7,12,14-15,24,31,35H,2-3,5,8-11,13,16H2,1H3/t24?,28-/m0/s1. The maximum Gasteiger partial charge on any atom is 0.328 e. The van der Waals surface area contributed by atoms with E-state index in [1.54, 1.807) is 29.2 Å². The van der Waals surface area contributed by atoms with E-state index in [1.807, 2.05) is 13.0 Å². The van der Waals surface area contributed by atoms with Gasteiger partial charge in [0.05, 0.1) is 11.1 Å². The van der Waals surface area contributed by atoms with Gasteiger partial charge < -0.3 is 19.9 Å². The molecule has 0 radical (unpaired) electrons. The average molecular weight is 525 g/mol. The number of benzene rings is 2. The van der Waals surface area contributed by atoms with Crippen molar-refractivity contribution < 1.29 is 19.1 Å². The molecule has 3 aromatic rings. The highest BCUT2D eigenvalue weighted by Crippen LogP contribution is 2.48. The fraction of sp³-hybridized carbons (Fsp3) is 0.429. The van der Waals surface area contributed by atoms with Crippen LogP contribution in [-0.4, -0.2) is 68.4 Å². The van der Waals surface area contributed by atoms with E-state index >= 15 is 0 Å². The Balaban J connectivity index is 1.39. The molecule has 194 valence electrons. The van der Waals surface area contributed by atoms with Gasteiger partial charge in [-0.15, -0.1) is 0 Å². The second-order valence-corrected chi connectivity index (χ2v) is 11.1. The summed E-state index contributed by atoms with van der Waals surface area (Å²) in [4.78, 5) is 36.5. The maximum atomic E-state index is 14.3. The topological polar surface area (TPSA) is 79.9 Å². The SMILES string of the molecule is C[C@@]12Cc3c([nH]c4cc(F)c(Cl)cc34)C(Cc3cccc(O)c3)N1C(=O)N(CCCN1CCCC1)C2=O. The van der Waals surface area contributed by atoms with Crippen molar-refractivity contribution in [1.82, 2.24) is 19.7 Å². The van der Waals surface area contributed by atoms with Crippen LogP contribution >= 0.6 is 11.6 Å². The lowest BCUT2D eigenvalue weighted by Crippen LogP contribution is -2.53. The number of carbonyl (C=O) groups is 2. The number of H-pyrrole nitrogens is 1. The normalized spacial score (nSPS) is 23.8. The molecule has 1 unspecified atom stereocenters. The molecule has 3 amide bonds. The number of urea groups is 1. The summed E-state index contributed by atoms with van der Waals surface area (Å²) in [5.41, 5.74) is 1.99. The van der Waals surface area contributed by atoms with Gasteiger partial charge in [0.2, 0.25) is 0 Å². The molecule has 3 aliphatic heterocycles. The van der Waals surface area contributed by atoms with Crippen LogP contribution in [0.25, 0.3) is 10.9 Å². The van der Waals surface area contributed by atoms with E-state index in [0.29, 0.717) is 24.9 Å². The molecule has 2 N–H and O–H groups in total. The zero-order valence-electron chi connectivity index (χ0n) is 20.8. The Kier molecular flexibility index (Phi) is 5.92. The lowest BCUT2D eigenvalue weighted by atomic mass is 9.81. The number of likely N-dealkylation sites (tertiary alicyclic amines) is 1. The first-order chi connectivity index (χ1) is 17.8. The van der Waals surface area contributed by atoms with Crippen LogP contribution in [-0.2, 0) is 17.6 Å². The van der Waals surface area contributed by atoms with Crippen molar-refractivity contribution >= 4 is 34.4 Å². The number of aromatic nitrogens is 1. The lowest BCUT2D eigenvalue weighted by molar-refractivity contribution is -0.133. The Morgan fingerprint density at radius 3 is 2.70 bits per heavy atom. The number of hydrogen-bond donors (Lipinski definition) is 2. The summed E-state index contributed by atoms with van der Waals surface area (Å²) < 4.78 is 14.3. The van der Waals surface area contributed by atoms with Crippen LogP contribution in [0.15, 0.2) is 36.4 Å². The minimum atomic E-state index is -1.07. The molecule has 4 heterocycles. The highest BCUT2D eigenvalue weighted by molar-refractivity contribution is 6.31. The van der Waals surface area contributed by atoms with Gasteiger partial charge in [0.1, 0.15) is 17.1 Å². The van der Waals surface area contributed by atoms with Crippen molar-refractivity contribution in [3.8, 4) is 5.75 Å². The van der Waals surface area contributed by atoms with Crippen molar-refractivity contribution in [1.29, 1.82) is 0 Å². The van der Waals surface area contributed by atoms with E-state index in [9.17, 15) is 19.1 Å². The van der Waals surface area contributed by atoms with Gasteiger partial charge in [-0.05, 0) is 87.6 Å². The number of fused-ring (bicyclic) bond motifs is 4. The van der Waals surface area contributed by atoms with Gasteiger partial charge in [0, 0.05) is 29.6 Å². The molecule has 6 rings (SSSR count). The van der Waals surface area contributed by atoms with Crippen molar-refractivity contribution in [2.75, 3.05) is 26.2 Å². The molecule has 9 heteroatoms. The van der Waals surface area contributed by atoms with Crippen molar-refractivity contribution in [2.24, 2.45) is 0 Å². The molecular weight excluding hydrogens is 495 g/mol. The molecular formula is C28H30ClFN4O3. The molecule has 0 bridgehead atoms. The van der Waals surface area contributed by atoms with Crippen LogP contribution < -0.4 is 0 Å². The largest absolute Gasteiger partial charge is 0.508 e. The summed E-state index contributed by atoms with van der Waals surface area (Å²) in [5.74, 6) is -0.595. The number of phenolic OH excluding ortho intramolecular Hbond substituents is 1. The fourth-order valence-corrected chi connectivity index (χ4v) is 6.59. The first-order valence-corrected chi connectivity index (χ1v) is 13.3. The van der Waals surface area contributed by atoms with Crippen molar-refractivity contribution in [3.05, 3.63) is 64.1 Å². The van der Waals surface area contributed by atoms with Crippen molar-refractivity contribution in [2.45, 2.75) is 50.6 Å². The van der Waals surface area contributed by atoms with Gasteiger partial charge in [-0.1, -0.05) is 23.7 Å². The van der Waals surface area contributed by atoms with Crippen LogP contribution in [0, 0.1) is 5.82 Å². The van der Waals surface area contributed by atoms with Crippen LogP contribution in [0.1, 0.15) is 49.0 Å². The molecule has 0 saturated carbocycles. The van der Waals surface area contributed by atoms with E-state index in [0.717, 1.165) is 48.3 Å². The molecule has 2 aromatic carbocycles. The summed E-state index contributed by atoms with van der Waals surface area (Å²) in [6.07, 6.45) is 3.84. The minimum absolute atomic E-state index is 0.0174. The third-order valence-electron chi connectivity index (χ3n) is 8.21. The number of phenols is 1. The van der Waals surface area contributed by atoms with Crippen LogP contribution in [0.2, 0.25) is 5.02 Å². The number of amides is 3. The first-order valence-electron chi connectivity index (χ1n) is 12.9. The van der Waals surface area contributed by atoms with E-state index < -0.39 is 17.4 Å². The quantitative estimate of drug-likeness (QED) is 0.444. The minimum Gasteiger partial charge on any atom is -0.508 e. The fourth-order valence-electron chi connectivity index (χ4n) is 6.43. The highest BCUT2D eigenvalue weighted by atomic mass is 35.5. The predicted molar refractivity (Wildman–Crippen MR) is 139 cm³/mol. The van der Waals surface area contributed by atoms with Crippen LogP contribution in [0.5, 0.6) is 5.75 Å². The molecule has 3 aliphatic rings. The Labute approximate surface area is 219 Å². The number of aromatic hydroxyl groups is 1. The Hall–Kier alpha value is -3.10. The molecule has 7 nitrogen and oxygen atoms in total. The number of carbonyl (C=O) groups excluding carboxylic acids is 2. The maximum absolute atomic E-state index is 14.3. The van der Waals surface area contributed by atoms with Gasteiger partial charge in [-0.2, -0.15) is 0 Å². The zero-order chi connectivity index (χ0) is 25.9. The molecule has 2 fully saturated rings. The van der Waals surface area contributed by atoms with Crippen molar-refractivity contribution in [3.63, 3.8) is 0 Å². The summed E-state index contributed by atoms with van der Waals surface area (Å²) >= 11 is 6.14. The number of halogens is 2. The smallest absolute Gasteiger partial charge is 0.328 e. The number of hydrogen-bond acceptors (Lipinski definition) is 4.